The Morgan fingerprint density at radius 1 is 1.09 bits per heavy atom. The van der Waals surface area contributed by atoms with Gasteiger partial charge >= 0.3 is 0 Å². The lowest BCUT2D eigenvalue weighted by Crippen LogP contribution is -2.17. The van der Waals surface area contributed by atoms with Gasteiger partial charge in [0.1, 0.15) is 5.75 Å². The first-order chi connectivity index (χ1) is 10.2. The summed E-state index contributed by atoms with van der Waals surface area (Å²) in [6, 6.07) is 6.72. The second kappa shape index (κ2) is 8.01. The SMILES string of the molecule is CC(C)COc1ccc(C(C)C(C)CCN)cc1C(C)(C)C. The van der Waals surface area contributed by atoms with Crippen LogP contribution in [0.4, 0.5) is 0 Å². The van der Waals surface area contributed by atoms with E-state index < -0.39 is 0 Å². The zero-order valence-corrected chi connectivity index (χ0v) is 15.6. The summed E-state index contributed by atoms with van der Waals surface area (Å²) in [4.78, 5) is 0. The van der Waals surface area contributed by atoms with E-state index in [0.717, 1.165) is 25.3 Å². The Hall–Kier alpha value is -1.02. The Balaban J connectivity index is 3.09. The predicted octanol–water partition coefficient (Wildman–Crippen LogP) is 5.11. The lowest BCUT2D eigenvalue weighted by Gasteiger charge is -2.27. The minimum Gasteiger partial charge on any atom is -0.493 e. The van der Waals surface area contributed by atoms with Gasteiger partial charge in [-0.3, -0.25) is 0 Å². The van der Waals surface area contributed by atoms with Crippen LogP contribution in [0.25, 0.3) is 0 Å². The molecule has 1 aromatic carbocycles. The van der Waals surface area contributed by atoms with Gasteiger partial charge in [0.05, 0.1) is 6.61 Å². The van der Waals surface area contributed by atoms with Crippen LogP contribution < -0.4 is 10.5 Å². The monoisotopic (exact) mass is 305 g/mol. The van der Waals surface area contributed by atoms with Gasteiger partial charge in [0, 0.05) is 0 Å². The van der Waals surface area contributed by atoms with Gasteiger partial charge in [0.2, 0.25) is 0 Å². The van der Waals surface area contributed by atoms with Crippen molar-refractivity contribution in [3.05, 3.63) is 29.3 Å². The van der Waals surface area contributed by atoms with Gasteiger partial charge in [0.25, 0.3) is 0 Å². The lowest BCUT2D eigenvalue weighted by atomic mass is 9.81. The Kier molecular flexibility index (Phi) is 6.93. The van der Waals surface area contributed by atoms with Crippen LogP contribution in [-0.4, -0.2) is 13.2 Å². The van der Waals surface area contributed by atoms with E-state index in [1.54, 1.807) is 0 Å². The first kappa shape index (κ1) is 19.0. The maximum atomic E-state index is 6.05. The molecule has 0 aliphatic heterocycles. The fraction of sp³-hybridized carbons (Fsp3) is 0.700. The highest BCUT2D eigenvalue weighted by atomic mass is 16.5. The van der Waals surface area contributed by atoms with E-state index in [1.807, 2.05) is 0 Å². The average molecular weight is 306 g/mol. The smallest absolute Gasteiger partial charge is 0.123 e. The van der Waals surface area contributed by atoms with Crippen molar-refractivity contribution in [2.24, 2.45) is 17.6 Å². The molecule has 0 aliphatic carbocycles. The fourth-order valence-corrected chi connectivity index (χ4v) is 2.64. The van der Waals surface area contributed by atoms with Gasteiger partial charge in [-0.2, -0.15) is 0 Å². The third-order valence-corrected chi connectivity index (χ3v) is 4.39. The summed E-state index contributed by atoms with van der Waals surface area (Å²) in [6.07, 6.45) is 1.07. The first-order valence-electron chi connectivity index (χ1n) is 8.64. The van der Waals surface area contributed by atoms with Crippen LogP contribution in [0.15, 0.2) is 18.2 Å². The molecule has 0 aromatic heterocycles. The minimum atomic E-state index is 0.0825. The molecule has 2 heteroatoms. The van der Waals surface area contributed by atoms with Crippen LogP contribution in [0.2, 0.25) is 0 Å². The molecule has 0 bridgehead atoms. The van der Waals surface area contributed by atoms with Crippen LogP contribution in [0, 0.1) is 11.8 Å². The molecule has 0 amide bonds. The normalized spacial score (nSPS) is 15.0. The molecule has 0 heterocycles. The summed E-state index contributed by atoms with van der Waals surface area (Å²) in [5.74, 6) is 2.68. The largest absolute Gasteiger partial charge is 0.493 e. The van der Waals surface area contributed by atoms with Crippen molar-refractivity contribution < 1.29 is 4.74 Å². The summed E-state index contributed by atoms with van der Waals surface area (Å²) in [6.45, 7) is 17.2. The molecular weight excluding hydrogens is 270 g/mol. The molecule has 2 nitrogen and oxygen atoms in total. The summed E-state index contributed by atoms with van der Waals surface area (Å²) >= 11 is 0. The summed E-state index contributed by atoms with van der Waals surface area (Å²) in [5.41, 5.74) is 8.49. The number of ether oxygens (including phenoxy) is 1. The first-order valence-corrected chi connectivity index (χ1v) is 8.64. The van der Waals surface area contributed by atoms with Crippen LogP contribution in [0.1, 0.15) is 71.9 Å². The molecule has 22 heavy (non-hydrogen) atoms. The number of rotatable bonds is 7. The number of benzene rings is 1. The van der Waals surface area contributed by atoms with Crippen molar-refractivity contribution in [2.75, 3.05) is 13.2 Å². The Labute approximate surface area is 137 Å². The molecular formula is C20H35NO. The van der Waals surface area contributed by atoms with Crippen molar-refractivity contribution >= 4 is 0 Å². The van der Waals surface area contributed by atoms with Gasteiger partial charge in [-0.1, -0.05) is 60.6 Å². The maximum Gasteiger partial charge on any atom is 0.123 e. The fourth-order valence-electron chi connectivity index (χ4n) is 2.64. The topological polar surface area (TPSA) is 35.2 Å². The molecule has 2 atom stereocenters. The molecule has 1 rings (SSSR count). The summed E-state index contributed by atoms with van der Waals surface area (Å²) in [7, 11) is 0. The summed E-state index contributed by atoms with van der Waals surface area (Å²) in [5, 5.41) is 0. The molecule has 1 aromatic rings. The zero-order chi connectivity index (χ0) is 16.9. The maximum absolute atomic E-state index is 6.05. The lowest BCUT2D eigenvalue weighted by molar-refractivity contribution is 0.264. The Morgan fingerprint density at radius 3 is 2.23 bits per heavy atom. The average Bonchev–Trinajstić information content (AvgIpc) is 2.43. The van der Waals surface area contributed by atoms with E-state index in [-0.39, 0.29) is 5.41 Å². The molecule has 0 aliphatic rings. The third-order valence-electron chi connectivity index (χ3n) is 4.39. The van der Waals surface area contributed by atoms with E-state index in [4.69, 9.17) is 10.5 Å². The van der Waals surface area contributed by atoms with E-state index in [2.05, 4.69) is 66.7 Å². The van der Waals surface area contributed by atoms with Gasteiger partial charge in [0.15, 0.2) is 0 Å². The van der Waals surface area contributed by atoms with Gasteiger partial charge in [-0.25, -0.2) is 0 Å². The van der Waals surface area contributed by atoms with Gasteiger partial charge in [-0.15, -0.1) is 0 Å². The number of hydrogen-bond donors (Lipinski definition) is 1. The Bertz CT molecular complexity index is 459. The molecule has 126 valence electrons. The molecule has 0 fully saturated rings. The zero-order valence-electron chi connectivity index (χ0n) is 15.6. The summed E-state index contributed by atoms with van der Waals surface area (Å²) < 4.78 is 6.05. The second-order valence-electron chi connectivity index (χ2n) is 8.05. The van der Waals surface area contributed by atoms with Crippen LogP contribution in [0.5, 0.6) is 5.75 Å². The van der Waals surface area contributed by atoms with Crippen molar-refractivity contribution in [1.29, 1.82) is 0 Å². The van der Waals surface area contributed by atoms with Gasteiger partial charge in [-0.05, 0) is 53.3 Å². The quantitative estimate of drug-likeness (QED) is 0.760. The van der Waals surface area contributed by atoms with Crippen LogP contribution in [0.3, 0.4) is 0 Å². The van der Waals surface area contributed by atoms with Crippen molar-refractivity contribution in [3.8, 4) is 5.75 Å². The number of hydrogen-bond acceptors (Lipinski definition) is 2. The van der Waals surface area contributed by atoms with E-state index in [1.165, 1.54) is 11.1 Å². The molecule has 2 unspecified atom stereocenters. The van der Waals surface area contributed by atoms with E-state index in [9.17, 15) is 0 Å². The number of nitrogens with two attached hydrogens (primary N) is 1. The predicted molar refractivity (Wildman–Crippen MR) is 96.7 cm³/mol. The van der Waals surface area contributed by atoms with Crippen molar-refractivity contribution in [1.82, 2.24) is 0 Å². The van der Waals surface area contributed by atoms with Crippen molar-refractivity contribution in [2.45, 2.75) is 66.2 Å². The highest BCUT2D eigenvalue weighted by Gasteiger charge is 2.22. The van der Waals surface area contributed by atoms with Crippen molar-refractivity contribution in [3.63, 3.8) is 0 Å². The molecule has 2 N–H and O–H groups in total. The molecule has 0 radical (unpaired) electrons. The molecule has 0 saturated heterocycles. The van der Waals surface area contributed by atoms with Gasteiger partial charge < -0.3 is 10.5 Å². The van der Waals surface area contributed by atoms with Crippen LogP contribution in [-0.2, 0) is 5.41 Å². The Morgan fingerprint density at radius 2 is 1.73 bits per heavy atom. The van der Waals surface area contributed by atoms with E-state index >= 15 is 0 Å². The highest BCUT2D eigenvalue weighted by molar-refractivity contribution is 5.42. The highest BCUT2D eigenvalue weighted by Crippen LogP contribution is 2.36. The second-order valence-corrected chi connectivity index (χ2v) is 8.05. The molecule has 0 spiro atoms. The minimum absolute atomic E-state index is 0.0825. The van der Waals surface area contributed by atoms with E-state index in [0.29, 0.717) is 17.8 Å². The standard InChI is InChI=1S/C20H35NO/c1-14(2)13-22-19-9-8-17(12-18(19)20(5,6)7)16(4)15(3)10-11-21/h8-9,12,14-16H,10-11,13,21H2,1-7H3. The van der Waals surface area contributed by atoms with Crippen LogP contribution >= 0.6 is 0 Å². The third kappa shape index (κ3) is 5.31. The molecule has 0 saturated carbocycles.